The number of hydrogen-bond donors (Lipinski definition) is 1. The summed E-state index contributed by atoms with van der Waals surface area (Å²) in [5.74, 6) is 0.145. The average molecular weight is 224 g/mol. The molecule has 1 aliphatic carbocycles. The van der Waals surface area contributed by atoms with E-state index < -0.39 is 5.97 Å². The van der Waals surface area contributed by atoms with Gasteiger partial charge in [0.05, 0.1) is 11.8 Å². The zero-order valence-corrected chi connectivity index (χ0v) is 9.51. The minimum atomic E-state index is -0.758. The molecule has 0 amide bonds. The highest BCUT2D eigenvalue weighted by Crippen LogP contribution is 2.39. The van der Waals surface area contributed by atoms with Gasteiger partial charge in [-0.15, -0.1) is 0 Å². The molecule has 1 heterocycles. The van der Waals surface area contributed by atoms with Gasteiger partial charge < -0.3 is 9.63 Å². The van der Waals surface area contributed by atoms with Gasteiger partial charge in [-0.05, 0) is 12.8 Å². The number of rotatable bonds is 3. The first-order valence-corrected chi connectivity index (χ1v) is 5.66. The molecule has 1 N–H and O–H groups in total. The lowest BCUT2D eigenvalue weighted by Gasteiger charge is -2.10. The van der Waals surface area contributed by atoms with Crippen LogP contribution in [0.25, 0.3) is 0 Å². The highest BCUT2D eigenvalue weighted by Gasteiger charge is 2.37. The lowest BCUT2D eigenvalue weighted by Crippen LogP contribution is -2.17. The molecule has 0 spiro atoms. The van der Waals surface area contributed by atoms with Gasteiger partial charge in [-0.3, -0.25) is 4.79 Å². The van der Waals surface area contributed by atoms with E-state index in [4.69, 9.17) is 9.63 Å². The van der Waals surface area contributed by atoms with E-state index in [1.165, 1.54) is 0 Å². The minimum Gasteiger partial charge on any atom is -0.481 e. The number of carbonyl (C=O) groups is 1. The first-order valence-electron chi connectivity index (χ1n) is 5.66. The van der Waals surface area contributed by atoms with E-state index in [0.717, 1.165) is 12.8 Å². The summed E-state index contributed by atoms with van der Waals surface area (Å²) in [6, 6.07) is 0. The van der Waals surface area contributed by atoms with Gasteiger partial charge in [0.1, 0.15) is 0 Å². The number of aromatic nitrogens is 2. The van der Waals surface area contributed by atoms with Crippen molar-refractivity contribution in [3.05, 3.63) is 11.7 Å². The molecule has 1 aliphatic rings. The Bertz CT molecular complexity index is 386. The normalized spacial score (nSPS) is 25.2. The fraction of sp³-hybridized carbons (Fsp3) is 0.727. The summed E-state index contributed by atoms with van der Waals surface area (Å²) < 4.78 is 5.17. The molecule has 2 unspecified atom stereocenters. The Morgan fingerprint density at radius 2 is 2.25 bits per heavy atom. The Hall–Kier alpha value is -1.39. The van der Waals surface area contributed by atoms with Gasteiger partial charge in [0.25, 0.3) is 0 Å². The van der Waals surface area contributed by atoms with Gasteiger partial charge in [-0.1, -0.05) is 25.4 Å². The van der Waals surface area contributed by atoms with Crippen LogP contribution in [-0.2, 0) is 4.79 Å². The monoisotopic (exact) mass is 224 g/mol. The van der Waals surface area contributed by atoms with Gasteiger partial charge in [0.15, 0.2) is 5.82 Å². The van der Waals surface area contributed by atoms with Crippen LogP contribution in [-0.4, -0.2) is 21.2 Å². The number of hydrogen-bond acceptors (Lipinski definition) is 4. The fourth-order valence-electron chi connectivity index (χ4n) is 2.18. The molecule has 88 valence electrons. The third kappa shape index (κ3) is 1.94. The molecule has 5 heteroatoms. The average Bonchev–Trinajstić information content (AvgIpc) is 2.86. The predicted octanol–water partition coefficient (Wildman–Crippen LogP) is 2.16. The SMILES string of the molecule is CC(C)c1noc(C2CCCC2C(=O)O)n1. The van der Waals surface area contributed by atoms with E-state index in [1.807, 2.05) is 13.8 Å². The fourth-order valence-corrected chi connectivity index (χ4v) is 2.18. The molecule has 0 aliphatic heterocycles. The molecule has 0 saturated heterocycles. The molecule has 2 rings (SSSR count). The van der Waals surface area contributed by atoms with Crippen molar-refractivity contribution >= 4 is 5.97 Å². The van der Waals surface area contributed by atoms with Crippen molar-refractivity contribution in [2.75, 3.05) is 0 Å². The smallest absolute Gasteiger partial charge is 0.307 e. The zero-order chi connectivity index (χ0) is 11.7. The summed E-state index contributed by atoms with van der Waals surface area (Å²) in [6.45, 7) is 3.97. The summed E-state index contributed by atoms with van der Waals surface area (Å²) in [4.78, 5) is 15.3. The van der Waals surface area contributed by atoms with E-state index in [2.05, 4.69) is 10.1 Å². The van der Waals surface area contributed by atoms with E-state index in [1.54, 1.807) is 0 Å². The number of carboxylic acid groups (broad SMARTS) is 1. The van der Waals surface area contributed by atoms with Crippen molar-refractivity contribution in [2.45, 2.75) is 44.9 Å². The van der Waals surface area contributed by atoms with Gasteiger partial charge in [-0.2, -0.15) is 4.98 Å². The largest absolute Gasteiger partial charge is 0.481 e. The van der Waals surface area contributed by atoms with Crippen LogP contribution in [0.3, 0.4) is 0 Å². The lowest BCUT2D eigenvalue weighted by molar-refractivity contribution is -0.142. The van der Waals surface area contributed by atoms with E-state index >= 15 is 0 Å². The Morgan fingerprint density at radius 1 is 1.50 bits per heavy atom. The van der Waals surface area contributed by atoms with Crippen LogP contribution in [0.1, 0.15) is 56.7 Å². The molecular formula is C11H16N2O3. The molecule has 1 saturated carbocycles. The maximum absolute atomic E-state index is 11.0. The third-order valence-electron chi connectivity index (χ3n) is 3.12. The van der Waals surface area contributed by atoms with Crippen molar-refractivity contribution in [1.29, 1.82) is 0 Å². The van der Waals surface area contributed by atoms with Gasteiger partial charge in [0, 0.05) is 5.92 Å². The maximum Gasteiger partial charge on any atom is 0.307 e. The van der Waals surface area contributed by atoms with Crippen molar-refractivity contribution in [3.63, 3.8) is 0 Å². The summed E-state index contributed by atoms with van der Waals surface area (Å²) in [7, 11) is 0. The van der Waals surface area contributed by atoms with Crippen molar-refractivity contribution < 1.29 is 14.4 Å². The molecule has 0 radical (unpaired) electrons. The van der Waals surface area contributed by atoms with E-state index in [9.17, 15) is 4.79 Å². The number of aliphatic carboxylic acids is 1. The molecular weight excluding hydrogens is 208 g/mol. The molecule has 2 atom stereocenters. The van der Waals surface area contributed by atoms with Crippen LogP contribution in [0.4, 0.5) is 0 Å². The quantitative estimate of drug-likeness (QED) is 0.851. The topological polar surface area (TPSA) is 76.2 Å². The summed E-state index contributed by atoms with van der Waals surface area (Å²) in [6.07, 6.45) is 2.46. The first-order chi connectivity index (χ1) is 7.59. The van der Waals surface area contributed by atoms with Crippen LogP contribution in [0, 0.1) is 5.92 Å². The van der Waals surface area contributed by atoms with Crippen LogP contribution in [0.2, 0.25) is 0 Å². The molecule has 1 fully saturated rings. The summed E-state index contributed by atoms with van der Waals surface area (Å²) in [5.41, 5.74) is 0. The standard InChI is InChI=1S/C11H16N2O3/c1-6(2)9-12-10(16-13-9)7-4-3-5-8(7)11(14)15/h6-8H,3-5H2,1-2H3,(H,14,15). The first kappa shape index (κ1) is 11.1. The van der Waals surface area contributed by atoms with Gasteiger partial charge >= 0.3 is 5.97 Å². The van der Waals surface area contributed by atoms with Gasteiger partial charge in [0.2, 0.25) is 5.89 Å². The molecule has 5 nitrogen and oxygen atoms in total. The maximum atomic E-state index is 11.0. The van der Waals surface area contributed by atoms with Crippen LogP contribution in [0.15, 0.2) is 4.52 Å². The Kier molecular flexibility index (Phi) is 2.94. The van der Waals surface area contributed by atoms with Crippen LogP contribution in [0.5, 0.6) is 0 Å². The van der Waals surface area contributed by atoms with Crippen molar-refractivity contribution in [1.82, 2.24) is 10.1 Å². The number of nitrogens with zero attached hydrogens (tertiary/aromatic N) is 2. The van der Waals surface area contributed by atoms with Crippen LogP contribution < -0.4 is 0 Å². The minimum absolute atomic E-state index is 0.0995. The van der Waals surface area contributed by atoms with Crippen LogP contribution >= 0.6 is 0 Å². The van der Waals surface area contributed by atoms with E-state index in [-0.39, 0.29) is 17.8 Å². The molecule has 1 aromatic heterocycles. The Morgan fingerprint density at radius 3 is 2.81 bits per heavy atom. The number of carboxylic acids is 1. The predicted molar refractivity (Wildman–Crippen MR) is 56.1 cm³/mol. The van der Waals surface area contributed by atoms with Gasteiger partial charge in [-0.25, -0.2) is 0 Å². The highest BCUT2D eigenvalue weighted by atomic mass is 16.5. The molecule has 0 bridgehead atoms. The molecule has 0 aromatic carbocycles. The zero-order valence-electron chi connectivity index (χ0n) is 9.51. The Labute approximate surface area is 93.9 Å². The molecule has 1 aromatic rings. The second kappa shape index (κ2) is 4.23. The molecule has 16 heavy (non-hydrogen) atoms. The Balaban J connectivity index is 2.19. The van der Waals surface area contributed by atoms with Crippen molar-refractivity contribution in [3.8, 4) is 0 Å². The summed E-state index contributed by atoms with van der Waals surface area (Å²) in [5, 5.41) is 12.9. The van der Waals surface area contributed by atoms with Crippen molar-refractivity contribution in [2.24, 2.45) is 5.92 Å². The summed E-state index contributed by atoms with van der Waals surface area (Å²) >= 11 is 0. The second-order valence-corrected chi connectivity index (χ2v) is 4.63. The lowest BCUT2D eigenvalue weighted by atomic mass is 9.96. The second-order valence-electron chi connectivity index (χ2n) is 4.63. The van der Waals surface area contributed by atoms with E-state index in [0.29, 0.717) is 18.1 Å². The highest BCUT2D eigenvalue weighted by molar-refractivity contribution is 5.71. The third-order valence-corrected chi connectivity index (χ3v) is 3.12.